The van der Waals surface area contributed by atoms with E-state index < -0.39 is 0 Å². The van der Waals surface area contributed by atoms with E-state index in [0.717, 1.165) is 51.4 Å². The number of carbonyl (C=O) groups is 3. The first kappa shape index (κ1) is 20.3. The Balaban J connectivity index is 1.51. The lowest BCUT2D eigenvalue weighted by molar-refractivity contribution is -0.180. The van der Waals surface area contributed by atoms with E-state index in [1.165, 1.54) is 5.57 Å². The van der Waals surface area contributed by atoms with Gasteiger partial charge in [-0.2, -0.15) is 0 Å². The van der Waals surface area contributed by atoms with Crippen LogP contribution in [0.5, 0.6) is 0 Å². The number of rotatable bonds is 4. The average molecular weight is 415 g/mol. The third kappa shape index (κ3) is 2.56. The number of hydrogen-bond donors (Lipinski definition) is 0. The van der Waals surface area contributed by atoms with Crippen LogP contribution in [0.3, 0.4) is 0 Å². The maximum atomic E-state index is 12.3. The zero-order valence-corrected chi connectivity index (χ0v) is 18.2. The summed E-state index contributed by atoms with van der Waals surface area (Å²) in [5, 5.41) is 0. The molecule has 4 saturated carbocycles. The summed E-state index contributed by atoms with van der Waals surface area (Å²) >= 11 is 0. The number of carbonyl (C=O) groups excluding carboxylic acids is 3. The lowest BCUT2D eigenvalue weighted by atomic mass is 9.44. The summed E-state index contributed by atoms with van der Waals surface area (Å²) in [7, 11) is 0. The van der Waals surface area contributed by atoms with Gasteiger partial charge >= 0.3 is 0 Å². The first-order chi connectivity index (χ1) is 14.4. The van der Waals surface area contributed by atoms with Gasteiger partial charge in [0.25, 0.3) is 12.9 Å². The third-order valence-electron chi connectivity index (χ3n) is 10.5. The van der Waals surface area contributed by atoms with Gasteiger partial charge in [0, 0.05) is 24.7 Å². The fraction of sp³-hybridized carbons (Fsp3) is 0.800. The molecule has 0 bridgehead atoms. The third-order valence-corrected chi connectivity index (χ3v) is 10.5. The van der Waals surface area contributed by atoms with Crippen molar-refractivity contribution in [2.24, 2.45) is 34.0 Å². The minimum atomic E-state index is -0.116. The van der Waals surface area contributed by atoms with Crippen LogP contribution in [0.25, 0.3) is 0 Å². The van der Waals surface area contributed by atoms with E-state index in [-0.39, 0.29) is 28.5 Å². The van der Waals surface area contributed by atoms with E-state index in [4.69, 9.17) is 9.47 Å². The smallest absolute Gasteiger partial charge is 0.293 e. The molecule has 8 atom stereocenters. The van der Waals surface area contributed by atoms with Gasteiger partial charge in [-0.15, -0.1) is 0 Å². The predicted molar refractivity (Wildman–Crippen MR) is 110 cm³/mol. The van der Waals surface area contributed by atoms with Crippen molar-refractivity contribution in [2.45, 2.75) is 90.3 Å². The zero-order chi connectivity index (χ0) is 21.1. The molecule has 0 saturated heterocycles. The fourth-order valence-electron chi connectivity index (χ4n) is 8.91. The van der Waals surface area contributed by atoms with E-state index in [1.54, 1.807) is 0 Å². The summed E-state index contributed by atoms with van der Waals surface area (Å²) in [5.74, 6) is 1.93. The summed E-state index contributed by atoms with van der Waals surface area (Å²) in [6.45, 7) is 5.95. The van der Waals surface area contributed by atoms with E-state index in [2.05, 4.69) is 19.9 Å². The highest BCUT2D eigenvalue weighted by Crippen LogP contribution is 2.72. The summed E-state index contributed by atoms with van der Waals surface area (Å²) in [6, 6.07) is 0. The van der Waals surface area contributed by atoms with Crippen LogP contribution in [0, 0.1) is 34.0 Å². The number of fused-ring (bicyclic) bond motifs is 6. The largest absolute Gasteiger partial charge is 0.464 e. The number of hydrogen-bond acceptors (Lipinski definition) is 5. The lowest BCUT2D eigenvalue weighted by Gasteiger charge is -2.61. The number of Topliss-reactive ketones (excluding diaryl/α,β-unsaturated/α-hetero) is 1. The Morgan fingerprint density at radius 3 is 2.53 bits per heavy atom. The molecule has 0 heterocycles. The Bertz CT molecular complexity index is 788. The second kappa shape index (κ2) is 6.93. The Labute approximate surface area is 178 Å². The van der Waals surface area contributed by atoms with Gasteiger partial charge in [-0.1, -0.05) is 25.5 Å². The Morgan fingerprint density at radius 2 is 1.83 bits per heavy atom. The molecule has 5 nitrogen and oxygen atoms in total. The van der Waals surface area contributed by atoms with Crippen LogP contribution in [0.15, 0.2) is 11.6 Å². The van der Waals surface area contributed by atoms with Crippen molar-refractivity contribution in [1.82, 2.24) is 0 Å². The predicted octanol–water partition coefficient (Wildman–Crippen LogP) is 4.38. The van der Waals surface area contributed by atoms with Crippen LogP contribution in [0.2, 0.25) is 0 Å². The highest BCUT2D eigenvalue weighted by molar-refractivity contribution is 5.81. The van der Waals surface area contributed by atoms with Gasteiger partial charge in [-0.3, -0.25) is 14.4 Å². The monoisotopic (exact) mass is 414 g/mol. The summed E-state index contributed by atoms with van der Waals surface area (Å²) in [6.07, 6.45) is 11.5. The normalized spacial score (nSPS) is 49.6. The van der Waals surface area contributed by atoms with Crippen molar-refractivity contribution in [3.8, 4) is 0 Å². The fourth-order valence-corrected chi connectivity index (χ4v) is 8.91. The summed E-state index contributed by atoms with van der Waals surface area (Å²) in [4.78, 5) is 34.7. The van der Waals surface area contributed by atoms with Crippen LogP contribution in [0.1, 0.15) is 78.1 Å². The van der Waals surface area contributed by atoms with Crippen molar-refractivity contribution in [3.05, 3.63) is 11.6 Å². The van der Waals surface area contributed by atoms with Crippen LogP contribution < -0.4 is 0 Å². The number of ether oxygens (including phenoxy) is 2. The molecule has 5 aliphatic rings. The second-order valence-electron chi connectivity index (χ2n) is 11.1. The van der Waals surface area contributed by atoms with Crippen LogP contribution in [-0.2, 0) is 23.9 Å². The zero-order valence-electron chi connectivity index (χ0n) is 18.2. The van der Waals surface area contributed by atoms with Crippen LogP contribution in [-0.4, -0.2) is 30.9 Å². The lowest BCUT2D eigenvalue weighted by Crippen LogP contribution is -2.59. The summed E-state index contributed by atoms with van der Waals surface area (Å²) < 4.78 is 11.2. The maximum absolute atomic E-state index is 12.3. The van der Waals surface area contributed by atoms with Gasteiger partial charge in [0.15, 0.2) is 0 Å². The maximum Gasteiger partial charge on any atom is 0.293 e. The molecule has 30 heavy (non-hydrogen) atoms. The Morgan fingerprint density at radius 1 is 1.03 bits per heavy atom. The van der Waals surface area contributed by atoms with E-state index in [1.807, 2.05) is 0 Å². The summed E-state index contributed by atoms with van der Waals surface area (Å²) in [5.41, 5.74) is 1.41. The van der Waals surface area contributed by atoms with Crippen LogP contribution >= 0.6 is 0 Å². The molecular weight excluding hydrogens is 380 g/mol. The van der Waals surface area contributed by atoms with E-state index in [0.29, 0.717) is 49.3 Å². The highest BCUT2D eigenvalue weighted by Gasteiger charge is 2.69. The number of ketones is 1. The van der Waals surface area contributed by atoms with Gasteiger partial charge < -0.3 is 9.47 Å². The van der Waals surface area contributed by atoms with Gasteiger partial charge in [0.2, 0.25) is 0 Å². The molecule has 0 aromatic carbocycles. The molecule has 5 heteroatoms. The first-order valence-electron chi connectivity index (χ1n) is 11.8. The molecule has 0 amide bonds. The molecule has 0 aromatic heterocycles. The van der Waals surface area contributed by atoms with Crippen molar-refractivity contribution in [2.75, 3.05) is 0 Å². The molecule has 0 radical (unpaired) electrons. The molecule has 1 spiro atoms. The van der Waals surface area contributed by atoms with Crippen molar-refractivity contribution in [1.29, 1.82) is 0 Å². The molecule has 0 aliphatic heterocycles. The van der Waals surface area contributed by atoms with Crippen molar-refractivity contribution < 1.29 is 23.9 Å². The minimum Gasteiger partial charge on any atom is -0.464 e. The van der Waals surface area contributed by atoms with E-state index in [9.17, 15) is 14.4 Å². The SMILES string of the molecule is C[C@]12[C@H](OC=O)C[C@H]3[C@@H](CC=C4C[C@@H](OC=O)CC[C@@]43C)[C@@H]1CC[C@]21CCC(=O)C1. The number of allylic oxidation sites excluding steroid dienone is 1. The Kier molecular flexibility index (Phi) is 4.68. The highest BCUT2D eigenvalue weighted by atomic mass is 16.5. The van der Waals surface area contributed by atoms with Gasteiger partial charge in [0.05, 0.1) is 0 Å². The molecule has 164 valence electrons. The molecule has 0 N–H and O–H groups in total. The van der Waals surface area contributed by atoms with Gasteiger partial charge in [0.1, 0.15) is 18.0 Å². The quantitative estimate of drug-likeness (QED) is 0.504. The Hall–Kier alpha value is -1.65. The van der Waals surface area contributed by atoms with Crippen molar-refractivity contribution >= 4 is 18.7 Å². The second-order valence-corrected chi connectivity index (χ2v) is 11.1. The molecule has 0 aromatic rings. The standard InChI is InChI=1S/C25H34O5/c1-23-8-6-18(29-14-26)11-16(23)3-4-19-20-7-10-25(9-5-17(28)13-25)24(20,2)22(30-15-27)12-21(19)23/h3,14-15,18-22H,4-13H2,1-2H3/t18-,19-,20-,21-,22+,23-,24+,25-/m0/s1. The van der Waals surface area contributed by atoms with E-state index >= 15 is 0 Å². The van der Waals surface area contributed by atoms with Crippen LogP contribution in [0.4, 0.5) is 0 Å². The molecule has 0 unspecified atom stereocenters. The van der Waals surface area contributed by atoms with Gasteiger partial charge in [-0.05, 0) is 73.5 Å². The van der Waals surface area contributed by atoms with Crippen molar-refractivity contribution in [3.63, 3.8) is 0 Å². The first-order valence-corrected chi connectivity index (χ1v) is 11.8. The molecule has 5 aliphatic carbocycles. The topological polar surface area (TPSA) is 69.7 Å². The average Bonchev–Trinajstić information content (AvgIpc) is 3.24. The minimum absolute atomic E-state index is 0.00601. The molecular formula is C25H34O5. The molecule has 5 rings (SSSR count). The van der Waals surface area contributed by atoms with Gasteiger partial charge in [-0.25, -0.2) is 0 Å². The molecule has 4 fully saturated rings.